The standard InChI is InChI=1S/C12H20N4OS/c1-9(2)16-12(13-8-14-16)6-11(17)10-7-18-5-4-15(10)3/h8-10H,4-7H2,1-3H3. The van der Waals surface area contributed by atoms with Gasteiger partial charge in [0.2, 0.25) is 0 Å². The second-order valence-electron chi connectivity index (χ2n) is 4.93. The first-order valence-electron chi connectivity index (χ1n) is 6.28. The zero-order chi connectivity index (χ0) is 13.1. The van der Waals surface area contributed by atoms with E-state index < -0.39 is 0 Å². The molecule has 6 heteroatoms. The van der Waals surface area contributed by atoms with Gasteiger partial charge in [-0.25, -0.2) is 9.67 Å². The fourth-order valence-electron chi connectivity index (χ4n) is 2.13. The number of nitrogens with zero attached hydrogens (tertiary/aromatic N) is 4. The van der Waals surface area contributed by atoms with Gasteiger partial charge in [0.05, 0.1) is 12.5 Å². The van der Waals surface area contributed by atoms with Gasteiger partial charge < -0.3 is 0 Å². The molecule has 1 atom stereocenters. The van der Waals surface area contributed by atoms with Crippen LogP contribution in [0.25, 0.3) is 0 Å². The zero-order valence-corrected chi connectivity index (χ0v) is 12.0. The molecule has 1 aromatic heterocycles. The molecule has 18 heavy (non-hydrogen) atoms. The first kappa shape index (κ1) is 13.5. The molecular formula is C12H20N4OS. The van der Waals surface area contributed by atoms with E-state index >= 15 is 0 Å². The normalized spacial score (nSPS) is 21.4. The predicted octanol–water partition coefficient (Wildman–Crippen LogP) is 1.02. The van der Waals surface area contributed by atoms with Crippen LogP contribution in [0.5, 0.6) is 0 Å². The number of ketones is 1. The fourth-order valence-corrected chi connectivity index (χ4v) is 3.38. The van der Waals surface area contributed by atoms with Gasteiger partial charge in [0.15, 0.2) is 5.78 Å². The van der Waals surface area contributed by atoms with Gasteiger partial charge >= 0.3 is 0 Å². The van der Waals surface area contributed by atoms with Gasteiger partial charge in [-0.05, 0) is 20.9 Å². The van der Waals surface area contributed by atoms with E-state index in [0.29, 0.717) is 6.42 Å². The molecule has 100 valence electrons. The van der Waals surface area contributed by atoms with Crippen molar-refractivity contribution in [2.24, 2.45) is 0 Å². The maximum Gasteiger partial charge on any atom is 0.158 e. The summed E-state index contributed by atoms with van der Waals surface area (Å²) in [6.07, 6.45) is 1.91. The largest absolute Gasteiger partial charge is 0.297 e. The second kappa shape index (κ2) is 5.84. The Labute approximate surface area is 112 Å². The van der Waals surface area contributed by atoms with Crippen molar-refractivity contribution in [3.8, 4) is 0 Å². The van der Waals surface area contributed by atoms with E-state index in [4.69, 9.17) is 0 Å². The van der Waals surface area contributed by atoms with Gasteiger partial charge in [0.1, 0.15) is 12.2 Å². The molecule has 0 spiro atoms. The Kier molecular flexibility index (Phi) is 4.40. The van der Waals surface area contributed by atoms with Crippen molar-refractivity contribution in [2.75, 3.05) is 25.1 Å². The third kappa shape index (κ3) is 2.92. The number of carbonyl (C=O) groups is 1. The Morgan fingerprint density at radius 1 is 1.61 bits per heavy atom. The molecule has 2 rings (SSSR count). The molecule has 0 N–H and O–H groups in total. The first-order valence-corrected chi connectivity index (χ1v) is 7.44. The quantitative estimate of drug-likeness (QED) is 0.816. The highest BCUT2D eigenvalue weighted by Gasteiger charge is 2.27. The van der Waals surface area contributed by atoms with Crippen LogP contribution in [0.4, 0.5) is 0 Å². The summed E-state index contributed by atoms with van der Waals surface area (Å²) in [6, 6.07) is 0.273. The number of Topliss-reactive ketones (excluding diaryl/α,β-unsaturated/α-hetero) is 1. The lowest BCUT2D eigenvalue weighted by Gasteiger charge is -2.30. The topological polar surface area (TPSA) is 51.0 Å². The van der Waals surface area contributed by atoms with E-state index in [1.165, 1.54) is 6.33 Å². The van der Waals surface area contributed by atoms with Crippen LogP contribution in [-0.4, -0.2) is 56.6 Å². The Bertz CT molecular complexity index is 418. The summed E-state index contributed by atoms with van der Waals surface area (Å²) in [5.41, 5.74) is 0. The van der Waals surface area contributed by atoms with Crippen LogP contribution in [0.15, 0.2) is 6.33 Å². The van der Waals surface area contributed by atoms with Crippen LogP contribution in [0, 0.1) is 0 Å². The summed E-state index contributed by atoms with van der Waals surface area (Å²) < 4.78 is 1.83. The molecule has 0 saturated carbocycles. The maximum atomic E-state index is 12.3. The highest BCUT2D eigenvalue weighted by Crippen LogP contribution is 2.17. The lowest BCUT2D eigenvalue weighted by Crippen LogP contribution is -2.45. The Hall–Kier alpha value is -0.880. The van der Waals surface area contributed by atoms with Crippen molar-refractivity contribution in [1.29, 1.82) is 0 Å². The summed E-state index contributed by atoms with van der Waals surface area (Å²) in [5.74, 6) is 3.03. The molecule has 1 saturated heterocycles. The van der Waals surface area contributed by atoms with E-state index in [-0.39, 0.29) is 17.9 Å². The summed E-state index contributed by atoms with van der Waals surface area (Å²) in [6.45, 7) is 5.08. The minimum atomic E-state index is 0.0288. The molecule has 0 aliphatic carbocycles. The third-order valence-electron chi connectivity index (χ3n) is 3.24. The number of likely N-dealkylation sites (N-methyl/N-ethyl adjacent to an activating group) is 1. The summed E-state index contributed by atoms with van der Waals surface area (Å²) in [7, 11) is 2.02. The monoisotopic (exact) mass is 268 g/mol. The number of carbonyl (C=O) groups excluding carboxylic acids is 1. The van der Waals surface area contributed by atoms with E-state index in [2.05, 4.69) is 15.0 Å². The zero-order valence-electron chi connectivity index (χ0n) is 11.2. The van der Waals surface area contributed by atoms with Crippen LogP contribution in [0.3, 0.4) is 0 Å². The molecule has 0 bridgehead atoms. The maximum absolute atomic E-state index is 12.3. The highest BCUT2D eigenvalue weighted by atomic mass is 32.2. The minimum Gasteiger partial charge on any atom is -0.297 e. The van der Waals surface area contributed by atoms with Crippen molar-refractivity contribution in [1.82, 2.24) is 19.7 Å². The van der Waals surface area contributed by atoms with E-state index in [1.807, 2.05) is 37.3 Å². The molecule has 1 aliphatic rings. The molecule has 0 aromatic carbocycles. The number of rotatable bonds is 4. The Balaban J connectivity index is 2.04. The molecule has 0 amide bonds. The average Bonchev–Trinajstić information content (AvgIpc) is 2.77. The number of aromatic nitrogens is 3. The first-order chi connectivity index (χ1) is 8.59. The number of thioether (sulfide) groups is 1. The fraction of sp³-hybridized carbons (Fsp3) is 0.750. The lowest BCUT2D eigenvalue weighted by molar-refractivity contribution is -0.122. The Morgan fingerprint density at radius 2 is 2.39 bits per heavy atom. The molecule has 5 nitrogen and oxygen atoms in total. The van der Waals surface area contributed by atoms with E-state index in [9.17, 15) is 4.79 Å². The van der Waals surface area contributed by atoms with Crippen molar-refractivity contribution in [3.05, 3.63) is 12.2 Å². The molecular weight excluding hydrogens is 248 g/mol. The van der Waals surface area contributed by atoms with Gasteiger partial charge in [0, 0.05) is 24.1 Å². The van der Waals surface area contributed by atoms with Crippen LogP contribution in [0.1, 0.15) is 25.7 Å². The van der Waals surface area contributed by atoms with Gasteiger partial charge in [0.25, 0.3) is 0 Å². The highest BCUT2D eigenvalue weighted by molar-refractivity contribution is 7.99. The van der Waals surface area contributed by atoms with Crippen molar-refractivity contribution in [2.45, 2.75) is 32.4 Å². The summed E-state index contributed by atoms with van der Waals surface area (Å²) in [5, 5.41) is 4.17. The molecule has 1 aliphatic heterocycles. The Morgan fingerprint density at radius 3 is 3.06 bits per heavy atom. The summed E-state index contributed by atoms with van der Waals surface area (Å²) in [4.78, 5) is 18.7. The SMILES string of the molecule is CC(C)n1ncnc1CC(=O)C1CSCCN1C. The summed E-state index contributed by atoms with van der Waals surface area (Å²) >= 11 is 1.85. The smallest absolute Gasteiger partial charge is 0.158 e. The predicted molar refractivity (Wildman–Crippen MR) is 72.9 cm³/mol. The third-order valence-corrected chi connectivity index (χ3v) is 4.26. The van der Waals surface area contributed by atoms with E-state index in [0.717, 1.165) is 23.9 Å². The van der Waals surface area contributed by atoms with Crippen LogP contribution >= 0.6 is 11.8 Å². The molecule has 1 aromatic rings. The van der Waals surface area contributed by atoms with Crippen LogP contribution in [-0.2, 0) is 11.2 Å². The minimum absolute atomic E-state index is 0.0288. The van der Waals surface area contributed by atoms with Gasteiger partial charge in [-0.1, -0.05) is 0 Å². The van der Waals surface area contributed by atoms with Gasteiger partial charge in [-0.15, -0.1) is 0 Å². The molecule has 1 unspecified atom stereocenters. The second-order valence-corrected chi connectivity index (χ2v) is 6.08. The van der Waals surface area contributed by atoms with Gasteiger partial charge in [-0.2, -0.15) is 16.9 Å². The molecule has 0 radical (unpaired) electrons. The van der Waals surface area contributed by atoms with Gasteiger partial charge in [-0.3, -0.25) is 9.69 Å². The van der Waals surface area contributed by atoms with Crippen molar-refractivity contribution >= 4 is 17.5 Å². The van der Waals surface area contributed by atoms with E-state index in [1.54, 1.807) is 0 Å². The van der Waals surface area contributed by atoms with Crippen molar-refractivity contribution < 1.29 is 4.79 Å². The number of hydrogen-bond donors (Lipinski definition) is 0. The van der Waals surface area contributed by atoms with Crippen LogP contribution < -0.4 is 0 Å². The van der Waals surface area contributed by atoms with Crippen molar-refractivity contribution in [3.63, 3.8) is 0 Å². The lowest BCUT2D eigenvalue weighted by atomic mass is 10.1. The number of hydrogen-bond acceptors (Lipinski definition) is 5. The molecule has 1 fully saturated rings. The van der Waals surface area contributed by atoms with Crippen LogP contribution in [0.2, 0.25) is 0 Å². The average molecular weight is 268 g/mol. The molecule has 2 heterocycles.